The predicted molar refractivity (Wildman–Crippen MR) is 112 cm³/mol. The van der Waals surface area contributed by atoms with Crippen LogP contribution in [-0.4, -0.2) is 23.1 Å². The largest absolute Gasteiger partial charge is 0.491 e. The molecule has 3 rings (SSSR count). The molecule has 2 aromatic carbocycles. The number of hydrogen-bond donors (Lipinski definition) is 2. The summed E-state index contributed by atoms with van der Waals surface area (Å²) in [5.41, 5.74) is -0.0177. The normalized spacial score (nSPS) is 10.6. The lowest BCUT2D eigenvalue weighted by Crippen LogP contribution is -2.35. The number of thiazole rings is 1. The van der Waals surface area contributed by atoms with Crippen molar-refractivity contribution in [1.29, 1.82) is 0 Å². The number of amides is 1. The molecule has 0 radical (unpaired) electrons. The lowest BCUT2D eigenvalue weighted by Gasteiger charge is -2.12. The highest BCUT2D eigenvalue weighted by atomic mass is 79.9. The summed E-state index contributed by atoms with van der Waals surface area (Å²) in [6.07, 6.45) is 0. The maximum atomic E-state index is 14.0. The van der Waals surface area contributed by atoms with Crippen molar-refractivity contribution in [2.75, 3.05) is 12.4 Å². The predicted octanol–water partition coefficient (Wildman–Crippen LogP) is 5.26. The summed E-state index contributed by atoms with van der Waals surface area (Å²) in [4.78, 5) is 16.4. The van der Waals surface area contributed by atoms with Gasteiger partial charge in [0.1, 0.15) is 5.56 Å². The quantitative estimate of drug-likeness (QED) is 0.279. The number of aromatic nitrogens is 1. The number of nitrogens with one attached hydrogen (secondary N) is 2. The minimum absolute atomic E-state index is 0.284. The van der Waals surface area contributed by atoms with Crippen LogP contribution >= 0.6 is 39.5 Å². The van der Waals surface area contributed by atoms with E-state index in [1.807, 2.05) is 29.6 Å². The first-order valence-corrected chi connectivity index (χ1v) is 10.0. The van der Waals surface area contributed by atoms with E-state index >= 15 is 0 Å². The molecular weight excluding hydrogens is 510 g/mol. The third kappa shape index (κ3) is 4.45. The minimum atomic E-state index is -1.90. The summed E-state index contributed by atoms with van der Waals surface area (Å²) in [7, 11) is 0.829. The summed E-state index contributed by atoms with van der Waals surface area (Å²) >= 11 is 9.41. The van der Waals surface area contributed by atoms with Gasteiger partial charge in [0, 0.05) is 15.4 Å². The van der Waals surface area contributed by atoms with Crippen molar-refractivity contribution in [2.45, 2.75) is 0 Å². The van der Waals surface area contributed by atoms with Crippen LogP contribution in [0.4, 0.5) is 22.7 Å². The average molecular weight is 520 g/mol. The van der Waals surface area contributed by atoms with Crippen molar-refractivity contribution in [3.05, 3.63) is 63.0 Å². The fourth-order valence-corrected chi connectivity index (χ4v) is 3.61. The Bertz CT molecular complexity index is 1110. The first kappa shape index (κ1) is 22.1. The zero-order chi connectivity index (χ0) is 22.0. The summed E-state index contributed by atoms with van der Waals surface area (Å²) in [5.74, 6) is -10.2. The molecule has 0 atom stereocenters. The van der Waals surface area contributed by atoms with Gasteiger partial charge in [0.15, 0.2) is 27.6 Å². The number of carbonyl (C=O) groups excluding carboxylic acids is 1. The van der Waals surface area contributed by atoms with E-state index in [1.54, 1.807) is 5.38 Å². The number of halogens is 5. The number of nitrogens with zero attached hydrogens (tertiary/aromatic N) is 1. The van der Waals surface area contributed by atoms with Crippen molar-refractivity contribution < 1.29 is 27.1 Å². The van der Waals surface area contributed by atoms with Gasteiger partial charge in [-0.3, -0.25) is 10.1 Å². The minimum Gasteiger partial charge on any atom is -0.491 e. The van der Waals surface area contributed by atoms with Crippen molar-refractivity contribution >= 4 is 55.6 Å². The summed E-state index contributed by atoms with van der Waals surface area (Å²) in [6.45, 7) is 0. The molecule has 12 heteroatoms. The molecule has 0 unspecified atom stereocenters. The molecule has 0 saturated carbocycles. The first-order chi connectivity index (χ1) is 14.2. The van der Waals surface area contributed by atoms with E-state index in [0.717, 1.165) is 28.5 Å². The third-order valence-electron chi connectivity index (χ3n) is 3.75. The van der Waals surface area contributed by atoms with Crippen LogP contribution < -0.4 is 15.4 Å². The van der Waals surface area contributed by atoms with Crippen LogP contribution in [-0.2, 0) is 0 Å². The van der Waals surface area contributed by atoms with E-state index in [0.29, 0.717) is 5.69 Å². The number of hydrogen-bond acceptors (Lipinski definition) is 5. The topological polar surface area (TPSA) is 63.2 Å². The first-order valence-electron chi connectivity index (χ1n) is 7.96. The SMILES string of the molecule is COc1c(F)c(F)c(C(=O)NC(=S)Nc2nc(-c3ccc(Br)cc3)cs2)c(F)c1F. The summed E-state index contributed by atoms with van der Waals surface area (Å²) < 4.78 is 60.8. The number of carbonyl (C=O) groups is 1. The second-order valence-electron chi connectivity index (χ2n) is 5.62. The molecule has 0 saturated heterocycles. The molecule has 0 aliphatic carbocycles. The number of thiocarbonyl (C=S) groups is 1. The van der Waals surface area contributed by atoms with E-state index in [-0.39, 0.29) is 10.2 Å². The van der Waals surface area contributed by atoms with Crippen LogP contribution in [0.15, 0.2) is 34.1 Å². The maximum absolute atomic E-state index is 14.0. The van der Waals surface area contributed by atoms with Crippen LogP contribution in [0, 0.1) is 23.3 Å². The van der Waals surface area contributed by atoms with Crippen molar-refractivity contribution in [3.8, 4) is 17.0 Å². The van der Waals surface area contributed by atoms with Crippen LogP contribution in [0.1, 0.15) is 10.4 Å². The van der Waals surface area contributed by atoms with Gasteiger partial charge in [-0.05, 0) is 24.4 Å². The molecule has 1 heterocycles. The Hall–Kier alpha value is -2.57. The van der Waals surface area contributed by atoms with E-state index < -0.39 is 40.5 Å². The maximum Gasteiger partial charge on any atom is 0.263 e. The molecule has 0 bridgehead atoms. The van der Waals surface area contributed by atoms with Gasteiger partial charge in [-0.2, -0.15) is 8.78 Å². The van der Waals surface area contributed by atoms with Crippen LogP contribution in [0.25, 0.3) is 11.3 Å². The monoisotopic (exact) mass is 519 g/mol. The lowest BCUT2D eigenvalue weighted by molar-refractivity contribution is 0.0966. The third-order valence-corrected chi connectivity index (χ3v) is 5.24. The Kier molecular flexibility index (Phi) is 6.68. The van der Waals surface area contributed by atoms with Gasteiger partial charge in [0.25, 0.3) is 5.91 Å². The Morgan fingerprint density at radius 1 is 1.10 bits per heavy atom. The molecule has 0 aliphatic heterocycles. The molecule has 156 valence electrons. The molecular formula is C18H10BrF4N3O2S2. The zero-order valence-electron chi connectivity index (χ0n) is 14.9. The number of rotatable bonds is 4. The molecule has 3 aromatic rings. The molecule has 1 aromatic heterocycles. The van der Waals surface area contributed by atoms with Gasteiger partial charge in [-0.25, -0.2) is 13.8 Å². The molecule has 0 spiro atoms. The highest BCUT2D eigenvalue weighted by Crippen LogP contribution is 2.30. The van der Waals surface area contributed by atoms with Crippen molar-refractivity contribution in [3.63, 3.8) is 0 Å². The molecule has 30 heavy (non-hydrogen) atoms. The smallest absolute Gasteiger partial charge is 0.263 e. The number of ether oxygens (including phenoxy) is 1. The number of methoxy groups -OCH3 is 1. The number of anilines is 1. The molecule has 1 amide bonds. The molecule has 0 fully saturated rings. The zero-order valence-corrected chi connectivity index (χ0v) is 18.1. The second kappa shape index (κ2) is 9.06. The second-order valence-corrected chi connectivity index (χ2v) is 7.80. The molecule has 0 aliphatic rings. The molecule has 2 N–H and O–H groups in total. The highest BCUT2D eigenvalue weighted by Gasteiger charge is 2.30. The lowest BCUT2D eigenvalue weighted by atomic mass is 10.1. The fourth-order valence-electron chi connectivity index (χ4n) is 2.37. The number of benzene rings is 2. The Morgan fingerprint density at radius 2 is 1.70 bits per heavy atom. The van der Waals surface area contributed by atoms with Crippen molar-refractivity contribution in [1.82, 2.24) is 10.3 Å². The van der Waals surface area contributed by atoms with Gasteiger partial charge in [0.2, 0.25) is 11.6 Å². The standard InChI is InChI=1S/C18H10BrF4N3O2S2/c1-28-15-13(22)11(20)10(12(21)14(15)23)16(27)25-17(29)26-18-24-9(6-30-18)7-2-4-8(19)5-3-7/h2-6H,1H3,(H2,24,25,26,27,29). The average Bonchev–Trinajstić information content (AvgIpc) is 3.16. The van der Waals surface area contributed by atoms with E-state index in [4.69, 9.17) is 12.2 Å². The van der Waals surface area contributed by atoms with Gasteiger partial charge in [-0.15, -0.1) is 11.3 Å². The van der Waals surface area contributed by atoms with E-state index in [2.05, 4.69) is 31.0 Å². The van der Waals surface area contributed by atoms with Gasteiger partial charge >= 0.3 is 0 Å². The van der Waals surface area contributed by atoms with Gasteiger partial charge in [-0.1, -0.05) is 28.1 Å². The van der Waals surface area contributed by atoms with Crippen LogP contribution in [0.2, 0.25) is 0 Å². The van der Waals surface area contributed by atoms with E-state index in [9.17, 15) is 22.4 Å². The Balaban J connectivity index is 1.75. The van der Waals surface area contributed by atoms with E-state index in [1.165, 1.54) is 0 Å². The Labute approximate surface area is 185 Å². The summed E-state index contributed by atoms with van der Waals surface area (Å²) in [5, 5.41) is 6.18. The van der Waals surface area contributed by atoms with Crippen LogP contribution in [0.3, 0.4) is 0 Å². The fraction of sp³-hybridized carbons (Fsp3) is 0.0556. The Morgan fingerprint density at radius 3 is 2.27 bits per heavy atom. The van der Waals surface area contributed by atoms with Gasteiger partial charge < -0.3 is 10.1 Å². The molecule has 5 nitrogen and oxygen atoms in total. The van der Waals surface area contributed by atoms with Crippen LogP contribution in [0.5, 0.6) is 5.75 Å². The van der Waals surface area contributed by atoms with Gasteiger partial charge in [0.05, 0.1) is 12.8 Å². The van der Waals surface area contributed by atoms with Crippen molar-refractivity contribution in [2.24, 2.45) is 0 Å². The summed E-state index contributed by atoms with van der Waals surface area (Å²) in [6, 6.07) is 7.34. The highest BCUT2D eigenvalue weighted by molar-refractivity contribution is 9.10.